The van der Waals surface area contributed by atoms with E-state index in [9.17, 15) is 4.79 Å². The van der Waals surface area contributed by atoms with Crippen molar-refractivity contribution in [2.24, 2.45) is 0 Å². The van der Waals surface area contributed by atoms with E-state index in [0.29, 0.717) is 12.1 Å². The second kappa shape index (κ2) is 6.89. The van der Waals surface area contributed by atoms with Crippen molar-refractivity contribution < 1.29 is 4.79 Å². The van der Waals surface area contributed by atoms with Crippen molar-refractivity contribution in [2.45, 2.75) is 32.2 Å². The zero-order valence-corrected chi connectivity index (χ0v) is 14.0. The van der Waals surface area contributed by atoms with Crippen LogP contribution >= 0.6 is 0 Å². The summed E-state index contributed by atoms with van der Waals surface area (Å²) < 4.78 is 2.21. The number of amides is 1. The fourth-order valence-electron chi connectivity index (χ4n) is 3.36. The number of carbonyl (C=O) groups is 1. The molecule has 126 valence electrons. The number of pyridine rings is 1. The summed E-state index contributed by atoms with van der Waals surface area (Å²) in [6.07, 6.45) is 7.65. The highest BCUT2D eigenvalue weighted by Gasteiger charge is 2.21. The summed E-state index contributed by atoms with van der Waals surface area (Å²) in [6, 6.07) is 13.8. The Hall–Kier alpha value is -2.95. The van der Waals surface area contributed by atoms with Crippen LogP contribution in [0.3, 0.4) is 0 Å². The summed E-state index contributed by atoms with van der Waals surface area (Å²) in [5, 5.41) is 2.97. The van der Waals surface area contributed by atoms with Crippen molar-refractivity contribution in [1.82, 2.24) is 19.9 Å². The third kappa shape index (κ3) is 3.18. The number of para-hydroxylation sites is 1. The number of nitrogens with one attached hydrogen (secondary N) is 1. The Bertz CT molecular complexity index is 871. The largest absolute Gasteiger partial charge is 0.345 e. The molecule has 0 saturated heterocycles. The van der Waals surface area contributed by atoms with Crippen LogP contribution in [0.5, 0.6) is 0 Å². The summed E-state index contributed by atoms with van der Waals surface area (Å²) >= 11 is 0. The monoisotopic (exact) mass is 332 g/mol. The molecule has 5 nitrogen and oxygen atoms in total. The van der Waals surface area contributed by atoms with Crippen molar-refractivity contribution in [3.05, 3.63) is 77.6 Å². The SMILES string of the molecule is O=C(NCc1nc2c(n1-c1ccccc1)CCCC2)c1cccnc1. The molecule has 1 N–H and O–H groups in total. The first kappa shape index (κ1) is 15.6. The van der Waals surface area contributed by atoms with Crippen LogP contribution < -0.4 is 5.32 Å². The van der Waals surface area contributed by atoms with Crippen LogP contribution in [0.2, 0.25) is 0 Å². The molecular weight excluding hydrogens is 312 g/mol. The zero-order chi connectivity index (χ0) is 17.1. The number of aromatic nitrogens is 3. The van der Waals surface area contributed by atoms with Gasteiger partial charge in [-0.25, -0.2) is 4.98 Å². The predicted octanol–water partition coefficient (Wildman–Crippen LogP) is 3.08. The standard InChI is InChI=1S/C20H20N4O/c25-20(15-7-6-12-21-13-15)22-14-19-23-17-10-4-5-11-18(17)24(19)16-8-2-1-3-9-16/h1-3,6-9,12-13H,4-5,10-11,14H2,(H,22,25). The molecule has 0 unspecified atom stereocenters. The van der Waals surface area contributed by atoms with E-state index in [1.165, 1.54) is 24.2 Å². The topological polar surface area (TPSA) is 59.8 Å². The van der Waals surface area contributed by atoms with E-state index >= 15 is 0 Å². The average Bonchev–Trinajstić information content (AvgIpc) is 3.06. The molecule has 1 aliphatic rings. The molecule has 1 aliphatic carbocycles. The van der Waals surface area contributed by atoms with Crippen LogP contribution in [0.15, 0.2) is 54.9 Å². The summed E-state index contributed by atoms with van der Waals surface area (Å²) in [6.45, 7) is 0.398. The predicted molar refractivity (Wildman–Crippen MR) is 95.6 cm³/mol. The number of carbonyl (C=O) groups excluding carboxylic acids is 1. The zero-order valence-electron chi connectivity index (χ0n) is 14.0. The summed E-state index contributed by atoms with van der Waals surface area (Å²) in [7, 11) is 0. The lowest BCUT2D eigenvalue weighted by atomic mass is 10.0. The number of imidazole rings is 1. The van der Waals surface area contributed by atoms with Gasteiger partial charge in [-0.05, 0) is 49.9 Å². The maximum absolute atomic E-state index is 12.3. The second-order valence-corrected chi connectivity index (χ2v) is 6.22. The maximum Gasteiger partial charge on any atom is 0.253 e. The molecule has 0 atom stereocenters. The lowest BCUT2D eigenvalue weighted by Gasteiger charge is -2.15. The minimum atomic E-state index is -0.131. The molecule has 1 amide bonds. The van der Waals surface area contributed by atoms with E-state index in [4.69, 9.17) is 4.98 Å². The van der Waals surface area contributed by atoms with E-state index < -0.39 is 0 Å². The van der Waals surface area contributed by atoms with Crippen LogP contribution in [-0.4, -0.2) is 20.4 Å². The van der Waals surface area contributed by atoms with Gasteiger partial charge in [0.2, 0.25) is 0 Å². The Labute approximate surface area is 146 Å². The van der Waals surface area contributed by atoms with E-state index in [1.807, 2.05) is 18.2 Å². The fraction of sp³-hybridized carbons (Fsp3) is 0.250. The smallest absolute Gasteiger partial charge is 0.253 e. The number of hydrogen-bond donors (Lipinski definition) is 1. The average molecular weight is 332 g/mol. The molecular formula is C20H20N4O. The van der Waals surface area contributed by atoms with E-state index in [-0.39, 0.29) is 5.91 Å². The quantitative estimate of drug-likeness (QED) is 0.799. The molecule has 4 rings (SSSR count). The summed E-state index contributed by atoms with van der Waals surface area (Å²) in [5.41, 5.74) is 4.11. The Morgan fingerprint density at radius 3 is 2.72 bits per heavy atom. The molecule has 0 saturated carbocycles. The van der Waals surface area contributed by atoms with Crippen molar-refractivity contribution in [1.29, 1.82) is 0 Å². The molecule has 0 spiro atoms. The van der Waals surface area contributed by atoms with E-state index in [2.05, 4.69) is 27.0 Å². The Kier molecular flexibility index (Phi) is 4.29. The van der Waals surface area contributed by atoms with Crippen LogP contribution in [0.4, 0.5) is 0 Å². The second-order valence-electron chi connectivity index (χ2n) is 6.22. The Morgan fingerprint density at radius 1 is 1.08 bits per heavy atom. The summed E-state index contributed by atoms with van der Waals surface area (Å²) in [4.78, 5) is 21.1. The molecule has 3 aromatic rings. The van der Waals surface area contributed by atoms with E-state index in [1.54, 1.807) is 24.5 Å². The first-order chi connectivity index (χ1) is 12.3. The van der Waals surface area contributed by atoms with Crippen LogP contribution in [0.1, 0.15) is 40.4 Å². The van der Waals surface area contributed by atoms with Gasteiger partial charge < -0.3 is 5.32 Å². The fourth-order valence-corrected chi connectivity index (χ4v) is 3.36. The van der Waals surface area contributed by atoms with Gasteiger partial charge >= 0.3 is 0 Å². The minimum Gasteiger partial charge on any atom is -0.345 e. The van der Waals surface area contributed by atoms with Crippen molar-refractivity contribution in [3.63, 3.8) is 0 Å². The van der Waals surface area contributed by atoms with Crippen molar-refractivity contribution in [3.8, 4) is 5.69 Å². The number of nitrogens with zero attached hydrogens (tertiary/aromatic N) is 3. The molecule has 2 aromatic heterocycles. The number of fused-ring (bicyclic) bond motifs is 1. The van der Waals surface area contributed by atoms with Gasteiger partial charge in [0, 0.05) is 23.8 Å². The highest BCUT2D eigenvalue weighted by atomic mass is 16.1. The Balaban J connectivity index is 1.63. The molecule has 1 aromatic carbocycles. The van der Waals surface area contributed by atoms with Gasteiger partial charge in [-0.15, -0.1) is 0 Å². The highest BCUT2D eigenvalue weighted by molar-refractivity contribution is 5.93. The van der Waals surface area contributed by atoms with E-state index in [0.717, 1.165) is 24.4 Å². The molecule has 0 fully saturated rings. The first-order valence-corrected chi connectivity index (χ1v) is 8.66. The van der Waals surface area contributed by atoms with Crippen LogP contribution in [0.25, 0.3) is 5.69 Å². The molecule has 25 heavy (non-hydrogen) atoms. The van der Waals surface area contributed by atoms with Gasteiger partial charge in [-0.2, -0.15) is 0 Å². The van der Waals surface area contributed by atoms with Crippen LogP contribution in [0, 0.1) is 0 Å². The van der Waals surface area contributed by atoms with Crippen LogP contribution in [-0.2, 0) is 19.4 Å². The summed E-state index contributed by atoms with van der Waals surface area (Å²) in [5.74, 6) is 0.754. The van der Waals surface area contributed by atoms with Gasteiger partial charge in [0.25, 0.3) is 5.91 Å². The molecule has 0 aliphatic heterocycles. The van der Waals surface area contributed by atoms with Crippen molar-refractivity contribution in [2.75, 3.05) is 0 Å². The normalized spacial score (nSPS) is 13.3. The lowest BCUT2D eigenvalue weighted by Crippen LogP contribution is -2.24. The lowest BCUT2D eigenvalue weighted by molar-refractivity contribution is 0.0949. The van der Waals surface area contributed by atoms with Gasteiger partial charge in [0.1, 0.15) is 5.82 Å². The number of rotatable bonds is 4. The number of aryl methyl sites for hydroxylation is 1. The van der Waals surface area contributed by atoms with Gasteiger partial charge in [0.05, 0.1) is 17.8 Å². The number of hydrogen-bond acceptors (Lipinski definition) is 3. The maximum atomic E-state index is 12.3. The number of benzene rings is 1. The third-order valence-corrected chi connectivity index (χ3v) is 4.55. The van der Waals surface area contributed by atoms with Gasteiger partial charge in [-0.1, -0.05) is 18.2 Å². The Morgan fingerprint density at radius 2 is 1.92 bits per heavy atom. The van der Waals surface area contributed by atoms with Gasteiger partial charge in [-0.3, -0.25) is 14.3 Å². The van der Waals surface area contributed by atoms with Gasteiger partial charge in [0.15, 0.2) is 0 Å². The minimum absolute atomic E-state index is 0.131. The molecule has 5 heteroatoms. The molecule has 0 bridgehead atoms. The third-order valence-electron chi connectivity index (χ3n) is 4.55. The molecule has 2 heterocycles. The van der Waals surface area contributed by atoms with Crippen molar-refractivity contribution >= 4 is 5.91 Å². The first-order valence-electron chi connectivity index (χ1n) is 8.66. The highest BCUT2D eigenvalue weighted by Crippen LogP contribution is 2.25. The molecule has 0 radical (unpaired) electrons.